The maximum atomic E-state index is 8.38. The van der Waals surface area contributed by atoms with Gasteiger partial charge in [-0.25, -0.2) is 9.97 Å². The number of rotatable bonds is 1. The molecule has 0 saturated heterocycles. The summed E-state index contributed by atoms with van der Waals surface area (Å²) in [5.41, 5.74) is 0.806. The average Bonchev–Trinajstić information content (AvgIpc) is 2.14. The van der Waals surface area contributed by atoms with Gasteiger partial charge < -0.3 is 29.1 Å². The molecule has 0 fully saturated rings. The van der Waals surface area contributed by atoms with Crippen LogP contribution in [-0.4, -0.2) is 10.1 Å². The van der Waals surface area contributed by atoms with E-state index >= 15 is 0 Å². The summed E-state index contributed by atoms with van der Waals surface area (Å²) < 4.78 is 0. The Balaban J connectivity index is 0.000000490. The molecular formula is C4H7IN2O. The number of imidazole rings is 1. The van der Waals surface area contributed by atoms with E-state index in [0.717, 1.165) is 5.69 Å². The molecule has 0 atom stereocenters. The molecule has 0 unspecified atom stereocenters. The largest absolute Gasteiger partial charge is 1.00 e. The minimum atomic E-state index is 0. The number of aliphatic hydroxyl groups excluding tert-OH is 1. The quantitative estimate of drug-likeness (QED) is 0.476. The lowest BCUT2D eigenvalue weighted by molar-refractivity contribution is -0.376. The summed E-state index contributed by atoms with van der Waals surface area (Å²) in [6.45, 7) is 0.0729. The van der Waals surface area contributed by atoms with E-state index < -0.39 is 0 Å². The molecule has 8 heavy (non-hydrogen) atoms. The van der Waals surface area contributed by atoms with Crippen LogP contribution in [0.1, 0.15) is 5.69 Å². The molecule has 0 aliphatic rings. The molecule has 0 aliphatic carbocycles. The fourth-order valence-corrected chi connectivity index (χ4v) is 0.410. The molecule has 3 nitrogen and oxygen atoms in total. The Hall–Kier alpha value is -0.100. The van der Waals surface area contributed by atoms with E-state index in [4.69, 9.17) is 5.11 Å². The van der Waals surface area contributed by atoms with Gasteiger partial charge >= 0.3 is 0 Å². The summed E-state index contributed by atoms with van der Waals surface area (Å²) >= 11 is 0. The van der Waals surface area contributed by atoms with Crippen molar-refractivity contribution < 1.29 is 34.1 Å². The van der Waals surface area contributed by atoms with Gasteiger partial charge in [0, 0.05) is 0 Å². The van der Waals surface area contributed by atoms with Crippen molar-refractivity contribution in [2.24, 2.45) is 0 Å². The predicted molar refractivity (Wildman–Crippen MR) is 23.3 cm³/mol. The van der Waals surface area contributed by atoms with Crippen molar-refractivity contribution in [1.29, 1.82) is 0 Å². The number of hydrogen-bond acceptors (Lipinski definition) is 1. The molecule has 0 bridgehead atoms. The van der Waals surface area contributed by atoms with Gasteiger partial charge in [-0.2, -0.15) is 0 Å². The van der Waals surface area contributed by atoms with E-state index in [1.54, 1.807) is 12.5 Å². The number of halogens is 1. The molecule has 1 heterocycles. The molecule has 1 aromatic heterocycles. The van der Waals surface area contributed by atoms with Gasteiger partial charge in [0.25, 0.3) is 0 Å². The Morgan fingerprint density at radius 2 is 2.50 bits per heavy atom. The molecular weight excluding hydrogens is 219 g/mol. The normalized spacial score (nSPS) is 8.12. The van der Waals surface area contributed by atoms with Gasteiger partial charge in [0.05, 0.1) is 0 Å². The van der Waals surface area contributed by atoms with E-state index in [1.165, 1.54) is 0 Å². The van der Waals surface area contributed by atoms with Crippen LogP contribution in [0.5, 0.6) is 0 Å². The van der Waals surface area contributed by atoms with Crippen LogP contribution in [0, 0.1) is 0 Å². The molecule has 0 aromatic carbocycles. The first-order valence-electron chi connectivity index (χ1n) is 2.07. The topological polar surface area (TPSA) is 50.2 Å². The van der Waals surface area contributed by atoms with Gasteiger partial charge in [0.2, 0.25) is 6.33 Å². The van der Waals surface area contributed by atoms with Crippen LogP contribution in [0.2, 0.25) is 0 Å². The van der Waals surface area contributed by atoms with Crippen LogP contribution in [0.25, 0.3) is 0 Å². The highest BCUT2D eigenvalue weighted by molar-refractivity contribution is 4.84. The maximum absolute atomic E-state index is 8.38. The van der Waals surface area contributed by atoms with Crippen LogP contribution in [0.15, 0.2) is 12.5 Å². The van der Waals surface area contributed by atoms with E-state index in [0.29, 0.717) is 0 Å². The SMILES string of the molecule is OCc1c[nH+]c[nH]1.[I-]. The molecule has 1 aromatic rings. The third-order valence-corrected chi connectivity index (χ3v) is 0.769. The lowest BCUT2D eigenvalue weighted by Crippen LogP contribution is -3.00. The molecule has 0 aliphatic heterocycles. The van der Waals surface area contributed by atoms with Gasteiger partial charge in [0.1, 0.15) is 12.8 Å². The third-order valence-electron chi connectivity index (χ3n) is 0.769. The Bertz CT molecular complexity index is 129. The monoisotopic (exact) mass is 226 g/mol. The molecule has 0 spiro atoms. The molecule has 0 radical (unpaired) electrons. The second-order valence-electron chi connectivity index (χ2n) is 1.28. The summed E-state index contributed by atoms with van der Waals surface area (Å²) in [4.78, 5) is 5.55. The summed E-state index contributed by atoms with van der Waals surface area (Å²) in [5.74, 6) is 0. The van der Waals surface area contributed by atoms with E-state index in [1.807, 2.05) is 0 Å². The van der Waals surface area contributed by atoms with Gasteiger partial charge in [-0.15, -0.1) is 0 Å². The molecule has 0 saturated carbocycles. The number of H-pyrrole nitrogens is 2. The van der Waals surface area contributed by atoms with Gasteiger partial charge in [-0.3, -0.25) is 0 Å². The number of aromatic nitrogens is 2. The zero-order valence-corrected chi connectivity index (χ0v) is 6.34. The van der Waals surface area contributed by atoms with Crippen LogP contribution in [0.4, 0.5) is 0 Å². The number of hydrogen-bond donors (Lipinski definition) is 2. The highest BCUT2D eigenvalue weighted by Crippen LogP contribution is 1.82. The minimum absolute atomic E-state index is 0. The zero-order valence-electron chi connectivity index (χ0n) is 4.19. The van der Waals surface area contributed by atoms with Crippen molar-refractivity contribution in [1.82, 2.24) is 4.98 Å². The summed E-state index contributed by atoms with van der Waals surface area (Å²) in [7, 11) is 0. The maximum Gasteiger partial charge on any atom is 0.239 e. The van der Waals surface area contributed by atoms with Crippen LogP contribution in [0.3, 0.4) is 0 Å². The van der Waals surface area contributed by atoms with Gasteiger partial charge in [-0.05, 0) is 0 Å². The highest BCUT2D eigenvalue weighted by Gasteiger charge is 1.91. The summed E-state index contributed by atoms with van der Waals surface area (Å²) in [6, 6.07) is 0. The first kappa shape index (κ1) is 7.90. The molecule has 3 N–H and O–H groups in total. The number of aromatic amines is 2. The molecule has 0 amide bonds. The predicted octanol–water partition coefficient (Wildman–Crippen LogP) is -3.67. The zero-order chi connectivity index (χ0) is 5.11. The van der Waals surface area contributed by atoms with Crippen molar-refractivity contribution in [2.75, 3.05) is 0 Å². The van der Waals surface area contributed by atoms with E-state index in [2.05, 4.69) is 9.97 Å². The van der Waals surface area contributed by atoms with Crippen molar-refractivity contribution >= 4 is 0 Å². The van der Waals surface area contributed by atoms with Gasteiger partial charge in [-0.1, -0.05) is 0 Å². The van der Waals surface area contributed by atoms with Crippen LogP contribution >= 0.6 is 0 Å². The lowest BCUT2D eigenvalue weighted by Gasteiger charge is -1.72. The first-order chi connectivity index (χ1) is 3.43. The summed E-state index contributed by atoms with van der Waals surface area (Å²) in [6.07, 6.45) is 3.37. The molecule has 46 valence electrons. The smallest absolute Gasteiger partial charge is 0.239 e. The second kappa shape index (κ2) is 3.85. The fourth-order valence-electron chi connectivity index (χ4n) is 0.410. The van der Waals surface area contributed by atoms with E-state index in [9.17, 15) is 0 Å². The van der Waals surface area contributed by atoms with E-state index in [-0.39, 0.29) is 30.6 Å². The standard InChI is InChI=1S/C4H6N2O.HI/c7-2-4-1-5-3-6-4;/h1,3,7H,2H2,(H,5,6);1H. The van der Waals surface area contributed by atoms with Crippen molar-refractivity contribution in [3.63, 3.8) is 0 Å². The van der Waals surface area contributed by atoms with Gasteiger partial charge in [0.15, 0.2) is 5.69 Å². The molecule has 4 heteroatoms. The van der Waals surface area contributed by atoms with Crippen LogP contribution < -0.4 is 29.0 Å². The first-order valence-corrected chi connectivity index (χ1v) is 2.07. The van der Waals surface area contributed by atoms with Crippen molar-refractivity contribution in [3.05, 3.63) is 18.2 Å². The lowest BCUT2D eigenvalue weighted by atomic mass is 10.5. The Labute approximate surface area is 64.2 Å². The summed E-state index contributed by atoms with van der Waals surface area (Å²) in [5, 5.41) is 8.38. The van der Waals surface area contributed by atoms with Crippen molar-refractivity contribution in [2.45, 2.75) is 6.61 Å². The third kappa shape index (κ3) is 1.79. The molecule has 1 rings (SSSR count). The van der Waals surface area contributed by atoms with Crippen LogP contribution in [-0.2, 0) is 6.61 Å². The average molecular weight is 226 g/mol. The fraction of sp³-hybridized carbons (Fsp3) is 0.250. The minimum Gasteiger partial charge on any atom is -1.00 e. The Morgan fingerprint density at radius 1 is 1.75 bits per heavy atom. The number of aliphatic hydroxyl groups is 1. The highest BCUT2D eigenvalue weighted by atomic mass is 127. The Morgan fingerprint density at radius 3 is 2.75 bits per heavy atom. The Kier molecular flexibility index (Phi) is 3.80. The number of nitrogens with one attached hydrogen (secondary N) is 2. The van der Waals surface area contributed by atoms with Crippen molar-refractivity contribution in [3.8, 4) is 0 Å². The second-order valence-corrected chi connectivity index (χ2v) is 1.28.